The summed E-state index contributed by atoms with van der Waals surface area (Å²) in [6, 6.07) is 3.37. The zero-order chi connectivity index (χ0) is 9.42. The quantitative estimate of drug-likeness (QED) is 0.645. The van der Waals surface area contributed by atoms with E-state index in [1.54, 1.807) is 6.07 Å². The molecule has 0 saturated heterocycles. The highest BCUT2D eigenvalue weighted by Crippen LogP contribution is 2.35. The van der Waals surface area contributed by atoms with E-state index in [0.29, 0.717) is 6.61 Å². The van der Waals surface area contributed by atoms with Gasteiger partial charge in [0.25, 0.3) is 0 Å². The van der Waals surface area contributed by atoms with Crippen LogP contribution < -0.4 is 4.74 Å². The van der Waals surface area contributed by atoms with Gasteiger partial charge in [-0.2, -0.15) is 0 Å². The Balaban J connectivity index is 2.58. The van der Waals surface area contributed by atoms with Crippen LogP contribution in [0.2, 0.25) is 0 Å². The summed E-state index contributed by atoms with van der Waals surface area (Å²) < 4.78 is 18.8. The van der Waals surface area contributed by atoms with Crippen LogP contribution >= 0.6 is 0 Å². The van der Waals surface area contributed by atoms with Gasteiger partial charge in [0.05, 0.1) is 6.61 Å². The molecule has 0 aromatic heterocycles. The molecule has 0 unspecified atom stereocenters. The number of hydrogen-bond acceptors (Lipinski definition) is 1. The zero-order valence-corrected chi connectivity index (χ0v) is 7.93. The number of halogens is 1. The minimum atomic E-state index is -0.143. The van der Waals surface area contributed by atoms with Gasteiger partial charge in [0.15, 0.2) is 0 Å². The predicted octanol–water partition coefficient (Wildman–Crippen LogP) is 2.88. The molecule has 0 saturated carbocycles. The van der Waals surface area contributed by atoms with Crippen LogP contribution in [0.4, 0.5) is 4.39 Å². The first-order chi connectivity index (χ1) is 6.20. The monoisotopic (exact) mass is 180 g/mol. The molecule has 0 radical (unpaired) electrons. The highest BCUT2D eigenvalue weighted by atomic mass is 19.1. The molecule has 1 aromatic rings. The molecule has 0 atom stereocenters. The molecule has 0 amide bonds. The Morgan fingerprint density at radius 2 is 2.15 bits per heavy atom. The first-order valence-electron chi connectivity index (χ1n) is 4.64. The van der Waals surface area contributed by atoms with Gasteiger partial charge in [-0.25, -0.2) is 4.39 Å². The Kier molecular flexibility index (Phi) is 1.98. The lowest BCUT2D eigenvalue weighted by atomic mass is 9.98. The lowest BCUT2D eigenvalue weighted by molar-refractivity contribution is 0.349. The smallest absolute Gasteiger partial charge is 0.130 e. The van der Waals surface area contributed by atoms with Gasteiger partial charge in [0, 0.05) is 12.0 Å². The second-order valence-electron chi connectivity index (χ2n) is 3.70. The molecule has 1 aliphatic heterocycles. The minimum absolute atomic E-state index is 0.143. The van der Waals surface area contributed by atoms with Crippen LogP contribution in [0.15, 0.2) is 12.1 Å². The van der Waals surface area contributed by atoms with Crippen molar-refractivity contribution >= 4 is 0 Å². The molecule has 2 heteroatoms. The lowest BCUT2D eigenvalue weighted by Crippen LogP contribution is -1.97. The molecule has 1 aliphatic rings. The molecule has 13 heavy (non-hydrogen) atoms. The van der Waals surface area contributed by atoms with Gasteiger partial charge >= 0.3 is 0 Å². The van der Waals surface area contributed by atoms with Gasteiger partial charge in [-0.1, -0.05) is 19.9 Å². The molecule has 1 aromatic carbocycles. The summed E-state index contributed by atoms with van der Waals surface area (Å²) >= 11 is 0. The van der Waals surface area contributed by atoms with Gasteiger partial charge in [0.1, 0.15) is 11.6 Å². The Hall–Kier alpha value is -1.05. The summed E-state index contributed by atoms with van der Waals surface area (Å²) in [4.78, 5) is 0. The molecular weight excluding hydrogens is 167 g/mol. The molecule has 0 bridgehead atoms. The molecular formula is C11H13FO. The summed E-state index contributed by atoms with van der Waals surface area (Å²) in [7, 11) is 0. The van der Waals surface area contributed by atoms with Crippen molar-refractivity contribution in [2.75, 3.05) is 6.61 Å². The molecule has 1 heterocycles. The van der Waals surface area contributed by atoms with Crippen LogP contribution in [-0.4, -0.2) is 6.61 Å². The van der Waals surface area contributed by atoms with E-state index in [4.69, 9.17) is 4.74 Å². The molecule has 0 aliphatic carbocycles. The van der Waals surface area contributed by atoms with E-state index >= 15 is 0 Å². The number of hydrogen-bond donors (Lipinski definition) is 0. The SMILES string of the molecule is CC(C)c1c(F)ccc2c1OCC2. The zero-order valence-electron chi connectivity index (χ0n) is 7.93. The first-order valence-corrected chi connectivity index (χ1v) is 4.64. The average molecular weight is 180 g/mol. The van der Waals surface area contributed by atoms with Gasteiger partial charge in [0.2, 0.25) is 0 Å². The molecule has 0 spiro atoms. The third-order valence-corrected chi connectivity index (χ3v) is 2.42. The Morgan fingerprint density at radius 1 is 1.38 bits per heavy atom. The second-order valence-corrected chi connectivity index (χ2v) is 3.70. The fraction of sp³-hybridized carbons (Fsp3) is 0.455. The first kappa shape index (κ1) is 8.54. The van der Waals surface area contributed by atoms with E-state index in [2.05, 4.69) is 0 Å². The molecule has 0 N–H and O–H groups in total. The van der Waals surface area contributed by atoms with Crippen molar-refractivity contribution in [2.45, 2.75) is 26.2 Å². The van der Waals surface area contributed by atoms with E-state index in [1.165, 1.54) is 0 Å². The van der Waals surface area contributed by atoms with Crippen molar-refractivity contribution < 1.29 is 9.13 Å². The fourth-order valence-corrected chi connectivity index (χ4v) is 1.79. The van der Waals surface area contributed by atoms with Crippen LogP contribution in [0.1, 0.15) is 30.9 Å². The van der Waals surface area contributed by atoms with E-state index < -0.39 is 0 Å². The van der Waals surface area contributed by atoms with Crippen molar-refractivity contribution in [2.24, 2.45) is 0 Å². The molecule has 1 nitrogen and oxygen atoms in total. The van der Waals surface area contributed by atoms with Crippen molar-refractivity contribution in [3.63, 3.8) is 0 Å². The predicted molar refractivity (Wildman–Crippen MR) is 49.7 cm³/mol. The van der Waals surface area contributed by atoms with Crippen LogP contribution in [0.3, 0.4) is 0 Å². The number of ether oxygens (including phenoxy) is 1. The third-order valence-electron chi connectivity index (χ3n) is 2.42. The van der Waals surface area contributed by atoms with Gasteiger partial charge in [-0.3, -0.25) is 0 Å². The Morgan fingerprint density at radius 3 is 2.85 bits per heavy atom. The fourth-order valence-electron chi connectivity index (χ4n) is 1.79. The standard InChI is InChI=1S/C11H13FO/c1-7(2)10-9(12)4-3-8-5-6-13-11(8)10/h3-4,7H,5-6H2,1-2H3. The third kappa shape index (κ3) is 1.30. The number of benzene rings is 1. The number of rotatable bonds is 1. The van der Waals surface area contributed by atoms with E-state index in [9.17, 15) is 4.39 Å². The summed E-state index contributed by atoms with van der Waals surface area (Å²) in [5, 5.41) is 0. The Labute approximate surface area is 77.5 Å². The largest absolute Gasteiger partial charge is 0.493 e. The summed E-state index contributed by atoms with van der Waals surface area (Å²) in [5.41, 5.74) is 1.88. The maximum absolute atomic E-state index is 13.4. The number of fused-ring (bicyclic) bond motifs is 1. The topological polar surface area (TPSA) is 9.23 Å². The van der Waals surface area contributed by atoms with Crippen LogP contribution in [0, 0.1) is 5.82 Å². The Bertz CT molecular complexity index is 331. The summed E-state index contributed by atoms with van der Waals surface area (Å²) in [6.45, 7) is 4.67. The van der Waals surface area contributed by atoms with E-state index in [1.807, 2.05) is 19.9 Å². The second kappa shape index (κ2) is 3.02. The highest BCUT2D eigenvalue weighted by Gasteiger charge is 2.21. The molecule has 2 rings (SSSR count). The summed E-state index contributed by atoms with van der Waals surface area (Å²) in [5.74, 6) is 0.832. The average Bonchev–Trinajstić information content (AvgIpc) is 2.50. The van der Waals surface area contributed by atoms with Gasteiger partial charge in [-0.05, 0) is 17.5 Å². The van der Waals surface area contributed by atoms with Crippen molar-refractivity contribution in [1.29, 1.82) is 0 Å². The van der Waals surface area contributed by atoms with E-state index in [-0.39, 0.29) is 11.7 Å². The van der Waals surface area contributed by atoms with Gasteiger partial charge in [-0.15, -0.1) is 0 Å². The maximum Gasteiger partial charge on any atom is 0.130 e. The van der Waals surface area contributed by atoms with E-state index in [0.717, 1.165) is 23.3 Å². The van der Waals surface area contributed by atoms with Crippen molar-refractivity contribution in [3.05, 3.63) is 29.1 Å². The normalized spacial score (nSPS) is 14.5. The molecule has 70 valence electrons. The van der Waals surface area contributed by atoms with Crippen molar-refractivity contribution in [1.82, 2.24) is 0 Å². The van der Waals surface area contributed by atoms with Crippen LogP contribution in [0.5, 0.6) is 5.75 Å². The highest BCUT2D eigenvalue weighted by molar-refractivity contribution is 5.46. The minimum Gasteiger partial charge on any atom is -0.493 e. The van der Waals surface area contributed by atoms with Gasteiger partial charge < -0.3 is 4.74 Å². The summed E-state index contributed by atoms with van der Waals surface area (Å²) in [6.07, 6.45) is 0.912. The van der Waals surface area contributed by atoms with Crippen LogP contribution in [-0.2, 0) is 6.42 Å². The van der Waals surface area contributed by atoms with Crippen molar-refractivity contribution in [3.8, 4) is 5.75 Å². The molecule has 0 fully saturated rings. The van der Waals surface area contributed by atoms with Crippen LogP contribution in [0.25, 0.3) is 0 Å². The maximum atomic E-state index is 13.4. The lowest BCUT2D eigenvalue weighted by Gasteiger charge is -2.11.